The summed E-state index contributed by atoms with van der Waals surface area (Å²) in [6.07, 6.45) is 0. The normalized spacial score (nSPS) is 12.7. The van der Waals surface area contributed by atoms with Gasteiger partial charge in [0.1, 0.15) is 17.4 Å². The number of hydrogen-bond acceptors (Lipinski definition) is 6. The van der Waals surface area contributed by atoms with E-state index in [-0.39, 0.29) is 10.5 Å². The lowest BCUT2D eigenvalue weighted by molar-refractivity contribution is -0.142. The van der Waals surface area contributed by atoms with Crippen molar-refractivity contribution in [2.75, 3.05) is 7.11 Å². The first-order valence-corrected chi connectivity index (χ1v) is 7.25. The number of aryl methyl sites for hydroxylation is 1. The minimum Gasteiger partial charge on any atom is -0.507 e. The van der Waals surface area contributed by atoms with Gasteiger partial charge >= 0.3 is 11.9 Å². The number of esters is 1. The van der Waals surface area contributed by atoms with Crippen LogP contribution < -0.4 is 4.72 Å². The van der Waals surface area contributed by atoms with Crippen LogP contribution in [-0.2, 0) is 19.6 Å². The maximum Gasteiger partial charge on any atom is 0.339 e. The van der Waals surface area contributed by atoms with Crippen LogP contribution in [0.3, 0.4) is 0 Å². The maximum atomic E-state index is 12.2. The third-order valence-electron chi connectivity index (χ3n) is 2.70. The number of methoxy groups -OCH3 is 1. The van der Waals surface area contributed by atoms with Gasteiger partial charge in [0.2, 0.25) is 10.0 Å². The second kappa shape index (κ2) is 6.10. The summed E-state index contributed by atoms with van der Waals surface area (Å²) >= 11 is 0. The number of aromatic hydroxyl groups is 1. The first-order chi connectivity index (χ1) is 9.60. The molecule has 0 amide bonds. The van der Waals surface area contributed by atoms with Crippen LogP contribution in [0.15, 0.2) is 17.0 Å². The van der Waals surface area contributed by atoms with Crippen molar-refractivity contribution in [2.24, 2.45) is 0 Å². The highest BCUT2D eigenvalue weighted by molar-refractivity contribution is 7.89. The van der Waals surface area contributed by atoms with Crippen LogP contribution in [0.1, 0.15) is 22.8 Å². The lowest BCUT2D eigenvalue weighted by Crippen LogP contribution is -2.39. The van der Waals surface area contributed by atoms with E-state index in [4.69, 9.17) is 5.11 Å². The van der Waals surface area contributed by atoms with E-state index >= 15 is 0 Å². The van der Waals surface area contributed by atoms with E-state index in [9.17, 15) is 23.1 Å². The molecular weight excluding hydrogens is 302 g/mol. The van der Waals surface area contributed by atoms with E-state index in [1.807, 2.05) is 0 Å². The van der Waals surface area contributed by atoms with Crippen LogP contribution in [0.2, 0.25) is 0 Å². The maximum absolute atomic E-state index is 12.2. The number of carbonyl (C=O) groups is 2. The minimum absolute atomic E-state index is 0.141. The molecule has 0 aliphatic heterocycles. The van der Waals surface area contributed by atoms with Crippen molar-refractivity contribution < 1.29 is 33.0 Å². The SMILES string of the molecule is COC(=O)C(C)NS(=O)(=O)c1cc(C(=O)O)c(O)cc1C. The van der Waals surface area contributed by atoms with E-state index in [0.29, 0.717) is 0 Å². The van der Waals surface area contributed by atoms with Crippen LogP contribution in [0.5, 0.6) is 5.75 Å². The predicted molar refractivity (Wildman–Crippen MR) is 71.6 cm³/mol. The van der Waals surface area contributed by atoms with Gasteiger partial charge < -0.3 is 14.9 Å². The molecule has 1 rings (SSSR count). The third kappa shape index (κ3) is 3.70. The Labute approximate surface area is 121 Å². The zero-order valence-electron chi connectivity index (χ0n) is 11.6. The van der Waals surface area contributed by atoms with Gasteiger partial charge in [-0.15, -0.1) is 0 Å². The first kappa shape index (κ1) is 16.9. The van der Waals surface area contributed by atoms with E-state index in [2.05, 4.69) is 9.46 Å². The molecule has 0 saturated carbocycles. The van der Waals surface area contributed by atoms with Gasteiger partial charge in [-0.25, -0.2) is 13.2 Å². The monoisotopic (exact) mass is 317 g/mol. The molecule has 0 fully saturated rings. The quantitative estimate of drug-likeness (QED) is 0.663. The van der Waals surface area contributed by atoms with Crippen LogP contribution in [0, 0.1) is 6.92 Å². The molecule has 0 aliphatic carbocycles. The number of carbonyl (C=O) groups excluding carboxylic acids is 1. The zero-order valence-corrected chi connectivity index (χ0v) is 12.4. The lowest BCUT2D eigenvalue weighted by atomic mass is 10.1. The minimum atomic E-state index is -4.14. The Morgan fingerprint density at radius 2 is 1.90 bits per heavy atom. The highest BCUT2D eigenvalue weighted by atomic mass is 32.2. The molecule has 9 heteroatoms. The highest BCUT2D eigenvalue weighted by Gasteiger charge is 2.26. The van der Waals surface area contributed by atoms with Crippen molar-refractivity contribution >= 4 is 22.0 Å². The standard InChI is InChI=1S/C12H15NO7S/c1-6-4-9(14)8(11(15)16)5-10(6)21(18,19)13-7(2)12(17)20-3/h4-5,7,13-14H,1-3H3,(H,15,16). The van der Waals surface area contributed by atoms with Gasteiger partial charge in [0.25, 0.3) is 0 Å². The van der Waals surface area contributed by atoms with Crippen LogP contribution in [-0.4, -0.2) is 43.7 Å². The number of phenols is 1. The fourth-order valence-corrected chi connectivity index (χ4v) is 3.10. The average molecular weight is 317 g/mol. The Morgan fingerprint density at radius 3 is 2.38 bits per heavy atom. The van der Waals surface area contributed by atoms with Crippen LogP contribution in [0.4, 0.5) is 0 Å². The highest BCUT2D eigenvalue weighted by Crippen LogP contribution is 2.25. The molecule has 3 N–H and O–H groups in total. The van der Waals surface area contributed by atoms with E-state index in [1.165, 1.54) is 13.8 Å². The number of ether oxygens (including phenoxy) is 1. The second-order valence-electron chi connectivity index (χ2n) is 4.31. The van der Waals surface area contributed by atoms with E-state index in [1.54, 1.807) is 0 Å². The molecular formula is C12H15NO7S. The summed E-state index contributed by atoms with van der Waals surface area (Å²) in [5.74, 6) is -2.79. The summed E-state index contributed by atoms with van der Waals surface area (Å²) in [6.45, 7) is 2.68. The summed E-state index contributed by atoms with van der Waals surface area (Å²) in [6, 6.07) is 0.724. The largest absolute Gasteiger partial charge is 0.507 e. The van der Waals surface area contributed by atoms with Crippen molar-refractivity contribution in [3.05, 3.63) is 23.3 Å². The molecule has 0 radical (unpaired) electrons. The van der Waals surface area contributed by atoms with Gasteiger partial charge in [0.05, 0.1) is 12.0 Å². The summed E-state index contributed by atoms with van der Waals surface area (Å²) < 4.78 is 30.8. The smallest absolute Gasteiger partial charge is 0.339 e. The summed E-state index contributed by atoms with van der Waals surface area (Å²) in [7, 11) is -3.03. The summed E-state index contributed by atoms with van der Waals surface area (Å²) in [5.41, 5.74) is -0.409. The molecule has 1 unspecified atom stereocenters. The van der Waals surface area contributed by atoms with Gasteiger partial charge in [-0.1, -0.05) is 0 Å². The average Bonchev–Trinajstić information content (AvgIpc) is 2.36. The molecule has 1 atom stereocenters. The van der Waals surface area contributed by atoms with Crippen molar-refractivity contribution in [3.8, 4) is 5.75 Å². The molecule has 116 valence electrons. The Bertz CT molecular complexity index is 681. The zero-order chi connectivity index (χ0) is 16.4. The molecule has 0 bridgehead atoms. The summed E-state index contributed by atoms with van der Waals surface area (Å²) in [5, 5.41) is 18.4. The number of sulfonamides is 1. The molecule has 0 saturated heterocycles. The van der Waals surface area contributed by atoms with Gasteiger partial charge in [-0.2, -0.15) is 4.72 Å². The molecule has 1 aromatic rings. The topological polar surface area (TPSA) is 130 Å². The van der Waals surface area contributed by atoms with Gasteiger partial charge in [-0.05, 0) is 31.5 Å². The Hall–Kier alpha value is -2.13. The first-order valence-electron chi connectivity index (χ1n) is 5.77. The van der Waals surface area contributed by atoms with Gasteiger partial charge in [0, 0.05) is 0 Å². The number of carboxylic acids is 1. The molecule has 21 heavy (non-hydrogen) atoms. The Kier molecular flexibility index (Phi) is 4.92. The number of benzene rings is 1. The number of hydrogen-bond donors (Lipinski definition) is 3. The van der Waals surface area contributed by atoms with Crippen molar-refractivity contribution in [1.82, 2.24) is 4.72 Å². The molecule has 1 aromatic carbocycles. The fourth-order valence-electron chi connectivity index (χ4n) is 1.65. The molecule has 0 spiro atoms. The summed E-state index contributed by atoms with van der Waals surface area (Å²) in [4.78, 5) is 21.9. The number of nitrogens with one attached hydrogen (secondary N) is 1. The number of carboxylic acid groups (broad SMARTS) is 1. The number of aromatic carboxylic acids is 1. The third-order valence-corrected chi connectivity index (χ3v) is 4.38. The molecule has 0 heterocycles. The van der Waals surface area contributed by atoms with Crippen LogP contribution in [0.25, 0.3) is 0 Å². The molecule has 0 aromatic heterocycles. The second-order valence-corrected chi connectivity index (χ2v) is 5.99. The predicted octanol–water partition coefficient (Wildman–Crippen LogP) is 0.239. The van der Waals surface area contributed by atoms with Gasteiger partial charge in [0.15, 0.2) is 0 Å². The van der Waals surface area contributed by atoms with Crippen molar-refractivity contribution in [3.63, 3.8) is 0 Å². The Balaban J connectivity index is 3.29. The lowest BCUT2D eigenvalue weighted by Gasteiger charge is -2.14. The van der Waals surface area contributed by atoms with Crippen molar-refractivity contribution in [1.29, 1.82) is 0 Å². The van der Waals surface area contributed by atoms with Crippen molar-refractivity contribution in [2.45, 2.75) is 24.8 Å². The fraction of sp³-hybridized carbons (Fsp3) is 0.333. The van der Waals surface area contributed by atoms with E-state index < -0.39 is 39.3 Å². The molecule has 8 nitrogen and oxygen atoms in total. The Morgan fingerprint density at radius 1 is 1.33 bits per heavy atom. The molecule has 0 aliphatic rings. The van der Waals surface area contributed by atoms with E-state index in [0.717, 1.165) is 19.2 Å². The number of rotatable bonds is 5. The van der Waals surface area contributed by atoms with Crippen LogP contribution >= 0.6 is 0 Å². The van der Waals surface area contributed by atoms with Gasteiger partial charge in [-0.3, -0.25) is 4.79 Å².